The first-order valence-corrected chi connectivity index (χ1v) is 13.5. The molecule has 2 aliphatic heterocycles. The number of carbonyl (C=O) groups is 2. The molecule has 1 atom stereocenters. The maximum absolute atomic E-state index is 13.1. The Morgan fingerprint density at radius 3 is 2.93 bits per heavy atom. The summed E-state index contributed by atoms with van der Waals surface area (Å²) < 4.78 is 12.6. The highest BCUT2D eigenvalue weighted by Crippen LogP contribution is 2.37. The van der Waals surface area contributed by atoms with Crippen molar-refractivity contribution >= 4 is 29.0 Å². The van der Waals surface area contributed by atoms with Crippen LogP contribution in [0.2, 0.25) is 0 Å². The molecule has 0 aliphatic carbocycles. The van der Waals surface area contributed by atoms with Gasteiger partial charge in [0.15, 0.2) is 0 Å². The third kappa shape index (κ3) is 5.90. The van der Waals surface area contributed by atoms with E-state index in [1.54, 1.807) is 43.8 Å². The molecular formula is C30H33N7O4. The van der Waals surface area contributed by atoms with Crippen LogP contribution in [-0.2, 0) is 9.53 Å². The van der Waals surface area contributed by atoms with Gasteiger partial charge in [-0.2, -0.15) is 0 Å². The average Bonchev–Trinajstić information content (AvgIpc) is 3.54. The van der Waals surface area contributed by atoms with Crippen molar-refractivity contribution in [2.45, 2.75) is 31.7 Å². The Balaban J connectivity index is 1.49. The number of hydrogen-bond acceptors (Lipinski definition) is 8. The number of benzene rings is 1. The number of carbonyl (C=O) groups excluding carboxylic acids is 2. The number of nitrogens with two attached hydrogens (primary N) is 1. The molecule has 2 amide bonds. The number of fused-ring (bicyclic) bond motifs is 1. The van der Waals surface area contributed by atoms with Crippen molar-refractivity contribution in [3.63, 3.8) is 0 Å². The van der Waals surface area contributed by atoms with Gasteiger partial charge in [-0.15, -0.1) is 0 Å². The summed E-state index contributed by atoms with van der Waals surface area (Å²) in [5, 5.41) is 2.82. The predicted molar refractivity (Wildman–Crippen MR) is 157 cm³/mol. The summed E-state index contributed by atoms with van der Waals surface area (Å²) in [4.78, 5) is 41.6. The van der Waals surface area contributed by atoms with Crippen LogP contribution in [0.5, 0.6) is 5.75 Å². The number of amides is 2. The topological polar surface area (TPSA) is 136 Å². The van der Waals surface area contributed by atoms with E-state index in [2.05, 4.69) is 15.3 Å². The van der Waals surface area contributed by atoms with Crippen LogP contribution in [0.25, 0.3) is 16.8 Å². The fourth-order valence-corrected chi connectivity index (χ4v) is 5.10. The molecule has 11 nitrogen and oxygen atoms in total. The summed E-state index contributed by atoms with van der Waals surface area (Å²) in [7, 11) is 3.13. The first-order chi connectivity index (χ1) is 20.0. The van der Waals surface area contributed by atoms with E-state index >= 15 is 0 Å². The fraction of sp³-hybridized carbons (Fsp3) is 0.300. The Morgan fingerprint density at radius 2 is 2.10 bits per heavy atom. The second kappa shape index (κ2) is 12.6. The van der Waals surface area contributed by atoms with Crippen molar-refractivity contribution in [3.05, 3.63) is 78.6 Å². The maximum Gasteiger partial charge on any atom is 0.260 e. The van der Waals surface area contributed by atoms with E-state index < -0.39 is 0 Å². The van der Waals surface area contributed by atoms with Crippen molar-refractivity contribution in [2.75, 3.05) is 33.1 Å². The molecule has 3 aromatic rings. The molecule has 0 radical (unpaired) electrons. The number of rotatable bonds is 8. The third-order valence-corrected chi connectivity index (χ3v) is 7.03. The standard InChI is InChI=1S/C30H33N7O4/c1-40-18-7-5-11-25(38)36-16-8-9-22(36)29-35-26(27-28(31)33-15-17-37(27)29)20-12-13-21(23(19-20)41-2)30(39)34-24-10-4-3-6-14-32-24/h4-7,10,12-15,17,19,22H,3,8-9,11,16,18H2,1-2H3,(H2,31,33)(H,32,34,39)/b7-5-/t22-/m0/s1. The first kappa shape index (κ1) is 27.8. The molecule has 0 bridgehead atoms. The van der Waals surface area contributed by atoms with Gasteiger partial charge in [-0.1, -0.05) is 30.4 Å². The molecule has 3 N–H and O–H groups in total. The zero-order chi connectivity index (χ0) is 28.8. The predicted octanol–water partition coefficient (Wildman–Crippen LogP) is 3.85. The van der Waals surface area contributed by atoms with Crippen LogP contribution >= 0.6 is 0 Å². The van der Waals surface area contributed by atoms with Crippen LogP contribution < -0.4 is 15.8 Å². The SMILES string of the molecule is COC/C=C\CC(=O)N1CCC[C@H]1c1nc(-c2ccc(C(=O)NC3=NC=CCC=C3)c(OC)c2)c2c(N)nccn12. The zero-order valence-corrected chi connectivity index (χ0v) is 23.1. The number of aromatic nitrogens is 3. The maximum atomic E-state index is 13.1. The minimum atomic E-state index is -0.344. The van der Waals surface area contributed by atoms with Gasteiger partial charge in [0.05, 0.1) is 25.3 Å². The number of nitrogens with one attached hydrogen (secondary N) is 1. The zero-order valence-electron chi connectivity index (χ0n) is 23.1. The first-order valence-electron chi connectivity index (χ1n) is 13.5. The molecule has 0 saturated carbocycles. The molecule has 1 fully saturated rings. The number of anilines is 1. The Kier molecular flexibility index (Phi) is 8.54. The highest BCUT2D eigenvalue weighted by atomic mass is 16.5. The lowest BCUT2D eigenvalue weighted by molar-refractivity contribution is -0.131. The lowest BCUT2D eigenvalue weighted by Crippen LogP contribution is -2.31. The number of methoxy groups -OCH3 is 2. The smallest absolute Gasteiger partial charge is 0.260 e. The van der Waals surface area contributed by atoms with Crippen molar-refractivity contribution in [1.82, 2.24) is 24.6 Å². The van der Waals surface area contributed by atoms with E-state index in [-0.39, 0.29) is 17.9 Å². The van der Waals surface area contributed by atoms with Gasteiger partial charge in [0.1, 0.15) is 34.4 Å². The van der Waals surface area contributed by atoms with E-state index in [4.69, 9.17) is 20.2 Å². The molecule has 2 aromatic heterocycles. The van der Waals surface area contributed by atoms with Gasteiger partial charge in [-0.25, -0.2) is 15.0 Å². The lowest BCUT2D eigenvalue weighted by atomic mass is 10.1. The molecule has 2 aliphatic rings. The largest absolute Gasteiger partial charge is 0.496 e. The third-order valence-electron chi connectivity index (χ3n) is 7.03. The highest BCUT2D eigenvalue weighted by molar-refractivity contribution is 6.11. The van der Waals surface area contributed by atoms with Crippen LogP contribution in [0.3, 0.4) is 0 Å². The molecule has 4 heterocycles. The van der Waals surface area contributed by atoms with Gasteiger partial charge in [-0.3, -0.25) is 14.0 Å². The van der Waals surface area contributed by atoms with Crippen LogP contribution in [0, 0.1) is 0 Å². The van der Waals surface area contributed by atoms with Gasteiger partial charge in [0.25, 0.3) is 5.91 Å². The molecule has 0 spiro atoms. The average molecular weight is 556 g/mol. The van der Waals surface area contributed by atoms with Gasteiger partial charge >= 0.3 is 0 Å². The summed E-state index contributed by atoms with van der Waals surface area (Å²) in [5.74, 6) is 1.53. The Hall–Kier alpha value is -4.77. The lowest BCUT2D eigenvalue weighted by Gasteiger charge is -2.23. The van der Waals surface area contributed by atoms with E-state index in [1.807, 2.05) is 39.8 Å². The van der Waals surface area contributed by atoms with E-state index in [9.17, 15) is 9.59 Å². The number of likely N-dealkylation sites (tertiary alicyclic amines) is 1. The van der Waals surface area contributed by atoms with Gasteiger partial charge in [0.2, 0.25) is 5.91 Å². The monoisotopic (exact) mass is 555 g/mol. The van der Waals surface area contributed by atoms with Crippen molar-refractivity contribution in [3.8, 4) is 17.0 Å². The summed E-state index contributed by atoms with van der Waals surface area (Å²) in [6.07, 6.45) is 17.0. The van der Waals surface area contributed by atoms with Crippen molar-refractivity contribution < 1.29 is 19.1 Å². The van der Waals surface area contributed by atoms with Gasteiger partial charge in [-0.05, 0) is 37.5 Å². The summed E-state index contributed by atoms with van der Waals surface area (Å²) >= 11 is 0. The molecule has 0 unspecified atom stereocenters. The minimum Gasteiger partial charge on any atom is -0.496 e. The molecular weight excluding hydrogens is 522 g/mol. The van der Waals surface area contributed by atoms with Gasteiger partial charge < -0.3 is 25.4 Å². The summed E-state index contributed by atoms with van der Waals surface area (Å²) in [5.41, 5.74) is 8.65. The Morgan fingerprint density at radius 1 is 1.22 bits per heavy atom. The highest BCUT2D eigenvalue weighted by Gasteiger charge is 2.33. The van der Waals surface area contributed by atoms with E-state index in [0.29, 0.717) is 65.1 Å². The number of allylic oxidation sites excluding steroid dienone is 2. The number of hydrogen-bond donors (Lipinski definition) is 2. The quantitative estimate of drug-likeness (QED) is 0.403. The van der Waals surface area contributed by atoms with Crippen molar-refractivity contribution in [2.24, 2.45) is 4.99 Å². The second-order valence-corrected chi connectivity index (χ2v) is 9.63. The van der Waals surface area contributed by atoms with Crippen LogP contribution in [0.4, 0.5) is 5.82 Å². The van der Waals surface area contributed by atoms with Gasteiger partial charge in [0, 0.05) is 44.2 Å². The van der Waals surface area contributed by atoms with Crippen LogP contribution in [-0.4, -0.2) is 64.3 Å². The molecule has 41 heavy (non-hydrogen) atoms. The molecule has 212 valence electrons. The number of imidazole rings is 1. The number of ether oxygens (including phenoxy) is 2. The molecule has 11 heteroatoms. The minimum absolute atomic E-state index is 0.0285. The molecule has 1 aromatic carbocycles. The number of aliphatic imine (C=N–C) groups is 1. The number of nitrogens with zero attached hydrogens (tertiary/aromatic N) is 5. The Labute approximate surface area is 238 Å². The number of nitrogen functional groups attached to an aromatic ring is 1. The fourth-order valence-electron chi connectivity index (χ4n) is 5.10. The normalized spacial score (nSPS) is 16.8. The van der Waals surface area contributed by atoms with E-state index in [1.165, 1.54) is 7.11 Å². The summed E-state index contributed by atoms with van der Waals surface area (Å²) in [6, 6.07) is 5.04. The van der Waals surface area contributed by atoms with Crippen LogP contribution in [0.1, 0.15) is 47.9 Å². The molecule has 5 rings (SSSR count). The van der Waals surface area contributed by atoms with Crippen LogP contribution in [0.15, 0.2) is 72.2 Å². The molecule has 1 saturated heterocycles. The summed E-state index contributed by atoms with van der Waals surface area (Å²) in [6.45, 7) is 1.12. The van der Waals surface area contributed by atoms with E-state index in [0.717, 1.165) is 19.3 Å². The van der Waals surface area contributed by atoms with Crippen molar-refractivity contribution in [1.29, 1.82) is 0 Å². The second-order valence-electron chi connectivity index (χ2n) is 9.63. The number of amidine groups is 1. The Bertz CT molecular complexity index is 1570.